The van der Waals surface area contributed by atoms with Crippen LogP contribution in [-0.4, -0.2) is 17.8 Å². The lowest BCUT2D eigenvalue weighted by Gasteiger charge is -2.04. The van der Waals surface area contributed by atoms with Crippen LogP contribution in [0, 0.1) is 6.92 Å². The van der Waals surface area contributed by atoms with Crippen LogP contribution in [-0.2, 0) is 0 Å². The second-order valence-corrected chi connectivity index (χ2v) is 4.09. The van der Waals surface area contributed by atoms with Gasteiger partial charge in [-0.3, -0.25) is 4.98 Å². The third-order valence-corrected chi connectivity index (χ3v) is 2.87. The van der Waals surface area contributed by atoms with E-state index in [9.17, 15) is 0 Å². The number of fused-ring (bicyclic) bond motifs is 3. The standard InChI is InChI=1S/C12H11BN2/c1-7-4-9-10-5-8(13)2-3-11(10)15-12(9)6-14-7/h3-6,8,15H,2H2,1H3. The van der Waals surface area contributed by atoms with Crippen molar-refractivity contribution in [1.29, 1.82) is 0 Å². The van der Waals surface area contributed by atoms with Crippen LogP contribution in [0.5, 0.6) is 0 Å². The van der Waals surface area contributed by atoms with Crippen molar-refractivity contribution in [2.75, 3.05) is 0 Å². The van der Waals surface area contributed by atoms with Crippen molar-refractivity contribution in [3.05, 3.63) is 28.5 Å². The fourth-order valence-electron chi connectivity index (χ4n) is 2.12. The lowest BCUT2D eigenvalue weighted by Crippen LogP contribution is -2.26. The molecule has 3 rings (SSSR count). The monoisotopic (exact) mass is 194 g/mol. The molecule has 0 aromatic carbocycles. The van der Waals surface area contributed by atoms with Crippen LogP contribution in [0.1, 0.15) is 12.1 Å². The molecule has 0 saturated carbocycles. The first kappa shape index (κ1) is 8.78. The molecule has 1 aliphatic rings. The average Bonchev–Trinajstić information content (AvgIpc) is 2.56. The van der Waals surface area contributed by atoms with E-state index < -0.39 is 0 Å². The first-order valence-electron chi connectivity index (χ1n) is 5.16. The van der Waals surface area contributed by atoms with E-state index in [0.717, 1.165) is 17.6 Å². The van der Waals surface area contributed by atoms with Crippen molar-refractivity contribution >= 4 is 30.9 Å². The smallest absolute Gasteiger partial charge is 0.0759 e. The fourth-order valence-corrected chi connectivity index (χ4v) is 2.12. The van der Waals surface area contributed by atoms with Crippen LogP contribution in [0.25, 0.3) is 23.1 Å². The Morgan fingerprint density at radius 1 is 1.53 bits per heavy atom. The van der Waals surface area contributed by atoms with Gasteiger partial charge in [0.2, 0.25) is 0 Å². The highest BCUT2D eigenvalue weighted by Gasteiger charge is 2.06. The zero-order valence-electron chi connectivity index (χ0n) is 8.62. The maximum Gasteiger partial charge on any atom is 0.0759 e. The molecule has 1 atom stereocenters. The fraction of sp³-hybridized carbons (Fsp3) is 0.250. The lowest BCUT2D eigenvalue weighted by atomic mass is 9.82. The molecule has 1 aliphatic carbocycles. The summed E-state index contributed by atoms with van der Waals surface area (Å²) in [6.07, 6.45) is 7.09. The molecule has 15 heavy (non-hydrogen) atoms. The maximum absolute atomic E-state index is 5.92. The van der Waals surface area contributed by atoms with Gasteiger partial charge in [0, 0.05) is 21.6 Å². The van der Waals surface area contributed by atoms with Gasteiger partial charge < -0.3 is 4.98 Å². The Morgan fingerprint density at radius 3 is 3.27 bits per heavy atom. The van der Waals surface area contributed by atoms with Gasteiger partial charge in [-0.2, -0.15) is 0 Å². The van der Waals surface area contributed by atoms with Gasteiger partial charge in [-0.15, -0.1) is 0 Å². The second-order valence-electron chi connectivity index (χ2n) is 4.09. The summed E-state index contributed by atoms with van der Waals surface area (Å²) in [7, 11) is 5.92. The van der Waals surface area contributed by atoms with Crippen molar-refractivity contribution < 1.29 is 0 Å². The van der Waals surface area contributed by atoms with E-state index >= 15 is 0 Å². The third-order valence-electron chi connectivity index (χ3n) is 2.87. The number of pyridine rings is 1. The van der Waals surface area contributed by atoms with E-state index in [2.05, 4.69) is 28.2 Å². The minimum Gasteiger partial charge on any atom is -0.354 e. The normalized spacial score (nSPS) is 19.4. The average molecular weight is 194 g/mol. The largest absolute Gasteiger partial charge is 0.354 e. The van der Waals surface area contributed by atoms with Crippen molar-refractivity contribution in [2.45, 2.75) is 19.2 Å². The van der Waals surface area contributed by atoms with Crippen LogP contribution in [0.15, 0.2) is 12.3 Å². The highest BCUT2D eigenvalue weighted by Crippen LogP contribution is 2.13. The Kier molecular flexibility index (Phi) is 1.75. The summed E-state index contributed by atoms with van der Waals surface area (Å²) in [6, 6.07) is 2.10. The molecular formula is C12H11BN2. The second kappa shape index (κ2) is 2.99. The number of H-pyrrole nitrogens is 1. The van der Waals surface area contributed by atoms with E-state index in [1.54, 1.807) is 0 Å². The van der Waals surface area contributed by atoms with E-state index in [4.69, 9.17) is 7.85 Å². The summed E-state index contributed by atoms with van der Waals surface area (Å²) in [5.74, 6) is 0.143. The van der Waals surface area contributed by atoms with Gasteiger partial charge in [0.15, 0.2) is 0 Å². The number of nitrogens with zero attached hydrogens (tertiary/aromatic N) is 1. The summed E-state index contributed by atoms with van der Waals surface area (Å²) in [5, 5.41) is 3.64. The molecule has 2 aromatic rings. The molecule has 0 aliphatic heterocycles. The number of nitrogens with one attached hydrogen (secondary N) is 1. The van der Waals surface area contributed by atoms with Crippen LogP contribution in [0.2, 0.25) is 5.82 Å². The number of rotatable bonds is 0. The van der Waals surface area contributed by atoms with Gasteiger partial charge in [-0.1, -0.05) is 18.0 Å². The Hall–Kier alpha value is -1.51. The summed E-state index contributed by atoms with van der Waals surface area (Å²) in [6.45, 7) is 2.01. The lowest BCUT2D eigenvalue weighted by molar-refractivity contribution is 1.10. The zero-order valence-corrected chi connectivity index (χ0v) is 8.62. The van der Waals surface area contributed by atoms with E-state index in [-0.39, 0.29) is 5.82 Å². The molecule has 2 nitrogen and oxygen atoms in total. The summed E-state index contributed by atoms with van der Waals surface area (Å²) in [4.78, 5) is 7.64. The first-order valence-corrected chi connectivity index (χ1v) is 5.16. The van der Waals surface area contributed by atoms with Gasteiger partial charge in [0.1, 0.15) is 0 Å². The molecule has 3 heteroatoms. The molecule has 0 amide bonds. The van der Waals surface area contributed by atoms with E-state index in [1.807, 2.05) is 13.1 Å². The number of aryl methyl sites for hydroxylation is 1. The molecule has 2 radical (unpaired) electrons. The first-order chi connectivity index (χ1) is 7.24. The minimum absolute atomic E-state index is 0.143. The van der Waals surface area contributed by atoms with Crippen molar-refractivity contribution in [2.24, 2.45) is 0 Å². The number of hydrogen-bond acceptors (Lipinski definition) is 1. The minimum atomic E-state index is 0.143. The topological polar surface area (TPSA) is 28.7 Å². The quantitative estimate of drug-likeness (QED) is 0.617. The summed E-state index contributed by atoms with van der Waals surface area (Å²) < 4.78 is 0. The van der Waals surface area contributed by atoms with Gasteiger partial charge in [0.25, 0.3) is 0 Å². The van der Waals surface area contributed by atoms with E-state index in [0.29, 0.717) is 0 Å². The van der Waals surface area contributed by atoms with E-state index in [1.165, 1.54) is 16.0 Å². The molecule has 1 unspecified atom stereocenters. The molecule has 1 N–H and O–H groups in total. The number of aromatic nitrogens is 2. The summed E-state index contributed by atoms with van der Waals surface area (Å²) >= 11 is 0. The predicted molar refractivity (Wildman–Crippen MR) is 63.1 cm³/mol. The molecule has 2 aromatic heterocycles. The SMILES string of the molecule is [B]C1C=c2c([nH]c3cnc(C)cc23)=CC1. The van der Waals surface area contributed by atoms with Crippen molar-refractivity contribution in [3.8, 4) is 0 Å². The molecule has 0 bridgehead atoms. The van der Waals surface area contributed by atoms with Crippen molar-refractivity contribution in [3.63, 3.8) is 0 Å². The van der Waals surface area contributed by atoms with Crippen LogP contribution >= 0.6 is 0 Å². The Labute approximate surface area is 89.1 Å². The summed E-state index contributed by atoms with van der Waals surface area (Å²) in [5.41, 5.74) is 2.13. The number of aromatic amines is 1. The predicted octanol–water partition coefficient (Wildman–Crippen LogP) is 0.793. The molecular weight excluding hydrogens is 183 g/mol. The maximum atomic E-state index is 5.92. The zero-order chi connectivity index (χ0) is 10.4. The van der Waals surface area contributed by atoms with Gasteiger partial charge in [-0.25, -0.2) is 0 Å². The Bertz CT molecular complexity index is 639. The molecule has 2 heterocycles. The van der Waals surface area contributed by atoms with Crippen LogP contribution in [0.3, 0.4) is 0 Å². The Morgan fingerprint density at radius 2 is 2.40 bits per heavy atom. The molecule has 0 spiro atoms. The number of hydrogen-bond donors (Lipinski definition) is 1. The van der Waals surface area contributed by atoms with Crippen molar-refractivity contribution in [1.82, 2.24) is 9.97 Å². The van der Waals surface area contributed by atoms with Gasteiger partial charge >= 0.3 is 0 Å². The Balaban J connectivity index is 2.51. The highest BCUT2D eigenvalue weighted by molar-refractivity contribution is 6.16. The molecule has 0 saturated heterocycles. The third kappa shape index (κ3) is 1.30. The van der Waals surface area contributed by atoms with Gasteiger partial charge in [0.05, 0.1) is 19.6 Å². The van der Waals surface area contributed by atoms with Gasteiger partial charge in [-0.05, 0) is 19.4 Å². The highest BCUT2D eigenvalue weighted by atomic mass is 14.7. The van der Waals surface area contributed by atoms with Crippen LogP contribution < -0.4 is 10.6 Å². The van der Waals surface area contributed by atoms with Crippen LogP contribution in [0.4, 0.5) is 0 Å². The molecule has 72 valence electrons. The molecule has 0 fully saturated rings.